The molecule has 0 bridgehead atoms. The number of ketones is 1. The summed E-state index contributed by atoms with van der Waals surface area (Å²) in [5, 5.41) is 0. The van der Waals surface area contributed by atoms with Gasteiger partial charge in [0.25, 0.3) is 0 Å². The first-order valence-electron chi connectivity index (χ1n) is 10.1. The number of hydrogen-bond donors (Lipinski definition) is 0. The van der Waals surface area contributed by atoms with Crippen LogP contribution in [0.3, 0.4) is 0 Å². The molecule has 0 unspecified atom stereocenters. The van der Waals surface area contributed by atoms with Gasteiger partial charge in [-0.1, -0.05) is 51.1 Å². The molecule has 1 saturated heterocycles. The summed E-state index contributed by atoms with van der Waals surface area (Å²) in [7, 11) is 0. The first-order valence-corrected chi connectivity index (χ1v) is 10.1. The van der Waals surface area contributed by atoms with E-state index in [0.717, 1.165) is 38.3 Å². The highest BCUT2D eigenvalue weighted by Crippen LogP contribution is 2.23. The normalized spacial score (nSPS) is 15.5. The molecule has 0 radical (unpaired) electrons. The first-order chi connectivity index (χ1) is 13.5. The molecule has 0 saturated carbocycles. The van der Waals surface area contributed by atoms with Gasteiger partial charge in [-0.15, -0.1) is 0 Å². The molecule has 0 aliphatic carbocycles. The second kappa shape index (κ2) is 9.16. The number of carbonyl (C=O) groups is 1. The summed E-state index contributed by atoms with van der Waals surface area (Å²) in [5.74, 6) is -0.0363. The zero-order valence-electron chi connectivity index (χ0n) is 17.0. The summed E-state index contributed by atoms with van der Waals surface area (Å²) in [6.45, 7) is 11.0. The Balaban J connectivity index is 1.66. The van der Waals surface area contributed by atoms with Gasteiger partial charge in [-0.05, 0) is 47.9 Å². The van der Waals surface area contributed by atoms with Crippen LogP contribution in [0, 0.1) is 5.82 Å². The largest absolute Gasteiger partial charge is 0.367 e. The van der Waals surface area contributed by atoms with E-state index in [-0.39, 0.29) is 11.6 Å². The summed E-state index contributed by atoms with van der Waals surface area (Å²) in [5.41, 5.74) is 3.19. The fraction of sp³-hybridized carbons (Fsp3) is 0.375. The molecule has 2 aromatic carbocycles. The highest BCUT2D eigenvalue weighted by molar-refractivity contribution is 6.07. The molecule has 0 atom stereocenters. The Labute approximate surface area is 167 Å². The summed E-state index contributed by atoms with van der Waals surface area (Å²) in [6.07, 6.45) is 3.29. The van der Waals surface area contributed by atoms with Gasteiger partial charge in [0, 0.05) is 31.7 Å². The molecular formula is C24H29FN2O. The topological polar surface area (TPSA) is 23.6 Å². The lowest BCUT2D eigenvalue weighted by atomic mass is 10.0. The van der Waals surface area contributed by atoms with Crippen LogP contribution >= 0.6 is 0 Å². The van der Waals surface area contributed by atoms with E-state index in [1.807, 2.05) is 12.1 Å². The Morgan fingerprint density at radius 3 is 2.32 bits per heavy atom. The predicted molar refractivity (Wildman–Crippen MR) is 115 cm³/mol. The van der Waals surface area contributed by atoms with Gasteiger partial charge in [0.05, 0.1) is 5.69 Å². The van der Waals surface area contributed by atoms with Crippen LogP contribution in [0.15, 0.2) is 48.5 Å². The van der Waals surface area contributed by atoms with Crippen molar-refractivity contribution in [2.45, 2.75) is 26.7 Å². The van der Waals surface area contributed by atoms with Crippen LogP contribution in [0.25, 0.3) is 6.08 Å². The summed E-state index contributed by atoms with van der Waals surface area (Å²) in [6, 6.07) is 12.9. The monoisotopic (exact) mass is 380 g/mol. The highest BCUT2D eigenvalue weighted by Gasteiger charge is 2.19. The van der Waals surface area contributed by atoms with Gasteiger partial charge in [0.15, 0.2) is 5.78 Å². The molecule has 1 aliphatic rings. The number of benzene rings is 2. The maximum atomic E-state index is 14.6. The molecule has 2 aromatic rings. The Kier molecular flexibility index (Phi) is 6.63. The molecular weight excluding hydrogens is 351 g/mol. The van der Waals surface area contributed by atoms with Crippen LogP contribution in [0.5, 0.6) is 0 Å². The molecule has 148 valence electrons. The van der Waals surface area contributed by atoms with Crippen LogP contribution in [-0.4, -0.2) is 43.4 Å². The number of piperazine rings is 1. The van der Waals surface area contributed by atoms with Crippen molar-refractivity contribution in [1.29, 1.82) is 0 Å². The smallest absolute Gasteiger partial charge is 0.185 e. The number of halogens is 1. The molecule has 1 aliphatic heterocycles. The fourth-order valence-corrected chi connectivity index (χ4v) is 3.48. The molecule has 1 heterocycles. The van der Waals surface area contributed by atoms with E-state index in [0.29, 0.717) is 17.2 Å². The summed E-state index contributed by atoms with van der Waals surface area (Å²) in [4.78, 5) is 16.9. The second-order valence-corrected chi connectivity index (χ2v) is 7.61. The average molecular weight is 381 g/mol. The van der Waals surface area contributed by atoms with Gasteiger partial charge >= 0.3 is 0 Å². The van der Waals surface area contributed by atoms with Gasteiger partial charge in [-0.2, -0.15) is 0 Å². The third-order valence-electron chi connectivity index (χ3n) is 5.42. The van der Waals surface area contributed by atoms with E-state index >= 15 is 0 Å². The van der Waals surface area contributed by atoms with E-state index < -0.39 is 0 Å². The van der Waals surface area contributed by atoms with Gasteiger partial charge in [0.2, 0.25) is 0 Å². The molecule has 0 amide bonds. The standard InChI is InChI=1S/C24H29FN2O/c1-4-26-13-15-27(16-14-26)23-11-10-21(17-22(23)25)24(28)12-7-19-5-8-20(9-6-19)18(2)3/h5-12,17-18H,4,13-16H2,1-3H3/b12-7+. The van der Waals surface area contributed by atoms with E-state index in [4.69, 9.17) is 0 Å². The lowest BCUT2D eigenvalue weighted by Crippen LogP contribution is -2.46. The number of likely N-dealkylation sites (N-methyl/N-ethyl adjacent to an activating group) is 1. The summed E-state index contributed by atoms with van der Waals surface area (Å²) >= 11 is 0. The first kappa shape index (κ1) is 20.3. The molecule has 0 aromatic heterocycles. The van der Waals surface area contributed by atoms with Crippen LogP contribution in [0.1, 0.15) is 48.2 Å². The van der Waals surface area contributed by atoms with Crippen molar-refractivity contribution in [2.24, 2.45) is 0 Å². The molecule has 3 rings (SSSR count). The van der Waals surface area contributed by atoms with E-state index in [1.54, 1.807) is 18.2 Å². The van der Waals surface area contributed by atoms with Crippen molar-refractivity contribution in [2.75, 3.05) is 37.6 Å². The Morgan fingerprint density at radius 2 is 1.75 bits per heavy atom. The van der Waals surface area contributed by atoms with Crippen LogP contribution in [0.2, 0.25) is 0 Å². The van der Waals surface area contributed by atoms with Crippen molar-refractivity contribution in [3.8, 4) is 0 Å². The van der Waals surface area contributed by atoms with E-state index in [1.165, 1.54) is 17.7 Å². The Morgan fingerprint density at radius 1 is 1.07 bits per heavy atom. The van der Waals surface area contributed by atoms with E-state index in [2.05, 4.69) is 42.7 Å². The minimum Gasteiger partial charge on any atom is -0.367 e. The van der Waals surface area contributed by atoms with Crippen molar-refractivity contribution >= 4 is 17.5 Å². The lowest BCUT2D eigenvalue weighted by Gasteiger charge is -2.35. The lowest BCUT2D eigenvalue weighted by molar-refractivity contribution is 0.104. The number of carbonyl (C=O) groups excluding carboxylic acids is 1. The van der Waals surface area contributed by atoms with Crippen molar-refractivity contribution in [3.63, 3.8) is 0 Å². The highest BCUT2D eigenvalue weighted by atomic mass is 19.1. The SMILES string of the molecule is CCN1CCN(c2ccc(C(=O)/C=C/c3ccc(C(C)C)cc3)cc2F)CC1. The number of allylic oxidation sites excluding steroid dienone is 1. The van der Waals surface area contributed by atoms with Gasteiger partial charge in [0.1, 0.15) is 5.82 Å². The number of nitrogens with zero attached hydrogens (tertiary/aromatic N) is 2. The minimum absolute atomic E-state index is 0.186. The van der Waals surface area contributed by atoms with Gasteiger partial charge in [-0.3, -0.25) is 4.79 Å². The molecule has 4 heteroatoms. The van der Waals surface area contributed by atoms with Gasteiger partial charge < -0.3 is 9.80 Å². The van der Waals surface area contributed by atoms with Crippen molar-refractivity contribution in [3.05, 3.63) is 71.0 Å². The minimum atomic E-state index is -0.328. The van der Waals surface area contributed by atoms with Crippen LogP contribution < -0.4 is 4.90 Å². The maximum absolute atomic E-state index is 14.6. The summed E-state index contributed by atoms with van der Waals surface area (Å²) < 4.78 is 14.6. The third kappa shape index (κ3) is 4.87. The molecule has 28 heavy (non-hydrogen) atoms. The molecule has 3 nitrogen and oxygen atoms in total. The molecule has 0 spiro atoms. The molecule has 0 N–H and O–H groups in total. The van der Waals surface area contributed by atoms with Gasteiger partial charge in [-0.25, -0.2) is 4.39 Å². The van der Waals surface area contributed by atoms with Crippen LogP contribution in [0.4, 0.5) is 10.1 Å². The number of anilines is 1. The predicted octanol–water partition coefficient (Wildman–Crippen LogP) is 4.99. The molecule has 1 fully saturated rings. The van der Waals surface area contributed by atoms with Crippen molar-refractivity contribution < 1.29 is 9.18 Å². The van der Waals surface area contributed by atoms with E-state index in [9.17, 15) is 9.18 Å². The van der Waals surface area contributed by atoms with Crippen molar-refractivity contribution in [1.82, 2.24) is 4.90 Å². The fourth-order valence-electron chi connectivity index (χ4n) is 3.48. The Bertz CT molecular complexity index is 834. The third-order valence-corrected chi connectivity index (χ3v) is 5.42. The zero-order valence-corrected chi connectivity index (χ0v) is 17.0. The number of rotatable bonds is 6. The quantitative estimate of drug-likeness (QED) is 0.521. The Hall–Kier alpha value is -2.46. The second-order valence-electron chi connectivity index (χ2n) is 7.61. The number of hydrogen-bond acceptors (Lipinski definition) is 3. The maximum Gasteiger partial charge on any atom is 0.185 e. The zero-order chi connectivity index (χ0) is 20.1. The average Bonchev–Trinajstić information content (AvgIpc) is 2.72. The van der Waals surface area contributed by atoms with Crippen LogP contribution in [-0.2, 0) is 0 Å².